The fourth-order valence-corrected chi connectivity index (χ4v) is 1.27. The molecule has 0 radical (unpaired) electrons. The summed E-state index contributed by atoms with van der Waals surface area (Å²) in [6.07, 6.45) is 7.27. The van der Waals surface area contributed by atoms with E-state index >= 15 is 0 Å². The summed E-state index contributed by atoms with van der Waals surface area (Å²) < 4.78 is 0. The number of nitrogens with two attached hydrogens (primary N) is 1. The molecule has 0 bridgehead atoms. The van der Waals surface area contributed by atoms with Crippen molar-refractivity contribution in [3.63, 3.8) is 0 Å². The molecule has 1 saturated carbocycles. The maximum Gasteiger partial charge on any atom is 0.146 e. The third-order valence-corrected chi connectivity index (χ3v) is 2.48. The number of carbonyl (C=O) groups excluding carboxylic acids is 2. The van der Waals surface area contributed by atoms with E-state index in [0.717, 1.165) is 19.1 Å². The van der Waals surface area contributed by atoms with Crippen molar-refractivity contribution in [1.82, 2.24) is 0 Å². The van der Waals surface area contributed by atoms with E-state index in [0.29, 0.717) is 5.92 Å². The van der Waals surface area contributed by atoms with E-state index in [1.165, 1.54) is 26.2 Å². The molecule has 1 unspecified atom stereocenters. The zero-order valence-electron chi connectivity index (χ0n) is 9.16. The third kappa shape index (κ3) is 6.78. The molecule has 3 heteroatoms. The monoisotopic (exact) mass is 199 g/mol. The lowest BCUT2D eigenvalue weighted by Gasteiger charge is -2.14. The largest absolute Gasteiger partial charge is 0.322 e. The lowest BCUT2D eigenvalue weighted by Crippen LogP contribution is -2.23. The number of rotatable bonds is 2. The summed E-state index contributed by atoms with van der Waals surface area (Å²) >= 11 is 0. The van der Waals surface area contributed by atoms with Crippen LogP contribution in [0.5, 0.6) is 0 Å². The van der Waals surface area contributed by atoms with Gasteiger partial charge in [0.25, 0.3) is 0 Å². The van der Waals surface area contributed by atoms with Gasteiger partial charge in [-0.05, 0) is 26.7 Å². The Kier molecular flexibility index (Phi) is 7.30. The number of carbonyl (C=O) groups is 2. The molecule has 1 atom stereocenters. The minimum atomic E-state index is -0.287. The maximum atomic E-state index is 10.2. The van der Waals surface area contributed by atoms with Crippen LogP contribution in [-0.2, 0) is 9.59 Å². The minimum Gasteiger partial charge on any atom is -0.322 e. The van der Waals surface area contributed by atoms with E-state index in [-0.39, 0.29) is 11.8 Å². The van der Waals surface area contributed by atoms with Gasteiger partial charge in [-0.15, -0.1) is 0 Å². The summed E-state index contributed by atoms with van der Waals surface area (Å²) in [6.45, 7) is 3.15. The molecule has 0 aliphatic heterocycles. The minimum absolute atomic E-state index is 0.0370. The predicted molar refractivity (Wildman–Crippen MR) is 57.0 cm³/mol. The van der Waals surface area contributed by atoms with E-state index in [4.69, 9.17) is 5.73 Å². The van der Waals surface area contributed by atoms with Gasteiger partial charge in [0.05, 0.1) is 6.04 Å². The predicted octanol–water partition coefficient (Wildman–Crippen LogP) is 1.69. The molecule has 0 spiro atoms. The maximum absolute atomic E-state index is 10.2. The van der Waals surface area contributed by atoms with E-state index in [1.807, 2.05) is 0 Å². The molecule has 14 heavy (non-hydrogen) atoms. The average molecular weight is 199 g/mol. The van der Waals surface area contributed by atoms with Crippen molar-refractivity contribution in [1.29, 1.82) is 0 Å². The first-order chi connectivity index (χ1) is 6.57. The highest BCUT2D eigenvalue weighted by molar-refractivity contribution is 5.80. The van der Waals surface area contributed by atoms with Gasteiger partial charge < -0.3 is 10.5 Å². The first-order valence-corrected chi connectivity index (χ1v) is 5.29. The van der Waals surface area contributed by atoms with Gasteiger partial charge in [0.2, 0.25) is 0 Å². The van der Waals surface area contributed by atoms with Crippen LogP contribution in [0.3, 0.4) is 0 Å². The van der Waals surface area contributed by atoms with Crippen LogP contribution < -0.4 is 5.73 Å². The summed E-state index contributed by atoms with van der Waals surface area (Å²) in [7, 11) is 0. The highest BCUT2D eigenvalue weighted by Crippen LogP contribution is 2.21. The molecule has 1 aliphatic rings. The van der Waals surface area contributed by atoms with Crippen LogP contribution in [0.25, 0.3) is 0 Å². The second kappa shape index (κ2) is 7.68. The van der Waals surface area contributed by atoms with Crippen molar-refractivity contribution >= 4 is 12.1 Å². The summed E-state index contributed by atoms with van der Waals surface area (Å²) in [5.41, 5.74) is 5.09. The van der Waals surface area contributed by atoms with Gasteiger partial charge in [-0.1, -0.05) is 19.3 Å². The molecule has 0 aromatic rings. The molecule has 0 aromatic heterocycles. The van der Waals surface area contributed by atoms with Crippen LogP contribution >= 0.6 is 0 Å². The highest BCUT2D eigenvalue weighted by atomic mass is 16.1. The summed E-state index contributed by atoms with van der Waals surface area (Å²) in [6, 6.07) is -0.287. The lowest BCUT2D eigenvalue weighted by molar-refractivity contribution is -0.117. The van der Waals surface area contributed by atoms with Crippen molar-refractivity contribution < 1.29 is 9.59 Å². The van der Waals surface area contributed by atoms with E-state index in [2.05, 4.69) is 0 Å². The Morgan fingerprint density at radius 3 is 2.00 bits per heavy atom. The molecule has 0 amide bonds. The van der Waals surface area contributed by atoms with E-state index in [1.54, 1.807) is 6.92 Å². The first-order valence-electron chi connectivity index (χ1n) is 5.29. The van der Waals surface area contributed by atoms with E-state index < -0.39 is 0 Å². The van der Waals surface area contributed by atoms with Crippen molar-refractivity contribution in [2.75, 3.05) is 0 Å². The van der Waals surface area contributed by atoms with Gasteiger partial charge in [0, 0.05) is 5.92 Å². The SMILES string of the molecule is CC(=O)C(C)N.O=CC1CCCCC1. The molecule has 0 aromatic carbocycles. The fourth-order valence-electron chi connectivity index (χ4n) is 1.27. The Bertz CT molecular complexity index is 172. The standard InChI is InChI=1S/C7H12O.C4H9NO/c8-6-7-4-2-1-3-5-7;1-3(5)4(2)6/h6-7H,1-5H2;3H,5H2,1-2H3. The van der Waals surface area contributed by atoms with Crippen molar-refractivity contribution in [3.8, 4) is 0 Å². The molecule has 82 valence electrons. The number of Topliss-reactive ketones (excluding diaryl/α,β-unsaturated/α-hetero) is 1. The zero-order chi connectivity index (χ0) is 11.0. The smallest absolute Gasteiger partial charge is 0.146 e. The molecule has 0 saturated heterocycles. The topological polar surface area (TPSA) is 60.2 Å². The van der Waals surface area contributed by atoms with Gasteiger partial charge in [-0.3, -0.25) is 4.79 Å². The molecular weight excluding hydrogens is 178 g/mol. The van der Waals surface area contributed by atoms with Crippen LogP contribution in [-0.4, -0.2) is 18.1 Å². The van der Waals surface area contributed by atoms with Gasteiger partial charge >= 0.3 is 0 Å². The van der Waals surface area contributed by atoms with Gasteiger partial charge in [-0.2, -0.15) is 0 Å². The average Bonchev–Trinajstić information content (AvgIpc) is 2.20. The van der Waals surface area contributed by atoms with Crippen molar-refractivity contribution in [2.24, 2.45) is 11.7 Å². The lowest BCUT2D eigenvalue weighted by atomic mass is 9.91. The fraction of sp³-hybridized carbons (Fsp3) is 0.818. The van der Waals surface area contributed by atoms with Crippen LogP contribution in [0.1, 0.15) is 46.0 Å². The summed E-state index contributed by atoms with van der Waals surface area (Å²) in [4.78, 5) is 20.2. The zero-order valence-corrected chi connectivity index (χ0v) is 9.16. The molecule has 1 fully saturated rings. The first kappa shape index (κ1) is 13.3. The number of ketones is 1. The Balaban J connectivity index is 0.000000255. The van der Waals surface area contributed by atoms with Crippen LogP contribution in [0.2, 0.25) is 0 Å². The molecular formula is C11H21NO2. The van der Waals surface area contributed by atoms with Crippen LogP contribution in [0.15, 0.2) is 0 Å². The van der Waals surface area contributed by atoms with E-state index in [9.17, 15) is 9.59 Å². The van der Waals surface area contributed by atoms with Gasteiger partial charge in [-0.25, -0.2) is 0 Å². The molecule has 1 aliphatic carbocycles. The molecule has 0 heterocycles. The summed E-state index contributed by atoms with van der Waals surface area (Å²) in [5.74, 6) is 0.443. The number of hydrogen-bond acceptors (Lipinski definition) is 3. The molecule has 1 rings (SSSR count). The third-order valence-electron chi connectivity index (χ3n) is 2.48. The van der Waals surface area contributed by atoms with Gasteiger partial charge in [0.15, 0.2) is 0 Å². The highest BCUT2D eigenvalue weighted by Gasteiger charge is 2.10. The summed E-state index contributed by atoms with van der Waals surface area (Å²) in [5, 5.41) is 0. The Hall–Kier alpha value is -0.700. The normalized spacial score (nSPS) is 19.1. The van der Waals surface area contributed by atoms with Crippen LogP contribution in [0, 0.1) is 5.92 Å². The molecule has 3 nitrogen and oxygen atoms in total. The quantitative estimate of drug-likeness (QED) is 0.688. The van der Waals surface area contributed by atoms with Gasteiger partial charge in [0.1, 0.15) is 12.1 Å². The Morgan fingerprint density at radius 2 is 1.79 bits per heavy atom. The molecule has 2 N–H and O–H groups in total. The Labute approximate surface area is 86.1 Å². The van der Waals surface area contributed by atoms with Crippen molar-refractivity contribution in [3.05, 3.63) is 0 Å². The Morgan fingerprint density at radius 1 is 1.36 bits per heavy atom. The second-order valence-corrected chi connectivity index (χ2v) is 3.93. The second-order valence-electron chi connectivity index (χ2n) is 3.93. The van der Waals surface area contributed by atoms with Crippen molar-refractivity contribution in [2.45, 2.75) is 52.0 Å². The van der Waals surface area contributed by atoms with Crippen LogP contribution in [0.4, 0.5) is 0 Å². The number of hydrogen-bond donors (Lipinski definition) is 1. The number of aldehydes is 1.